The first-order valence-electron chi connectivity index (χ1n) is 6.26. The topological polar surface area (TPSA) is 55.6 Å². The second-order valence-corrected chi connectivity index (χ2v) is 5.33. The van der Waals surface area contributed by atoms with Crippen molar-refractivity contribution in [1.29, 1.82) is 0 Å². The highest BCUT2D eigenvalue weighted by Gasteiger charge is 2.10. The van der Waals surface area contributed by atoms with E-state index in [-0.39, 0.29) is 0 Å². The largest absolute Gasteiger partial charge is 0.369 e. The Morgan fingerprint density at radius 1 is 1.33 bits per heavy atom. The van der Waals surface area contributed by atoms with E-state index in [2.05, 4.69) is 34.2 Å². The minimum Gasteiger partial charge on any atom is -0.369 e. The molecular weight excluding hydrogens is 246 g/mol. The summed E-state index contributed by atoms with van der Waals surface area (Å²) < 4.78 is 1.80. The number of fused-ring (bicyclic) bond motifs is 1. The van der Waals surface area contributed by atoms with Crippen LogP contribution in [0.5, 0.6) is 0 Å². The van der Waals surface area contributed by atoms with Crippen molar-refractivity contribution in [2.45, 2.75) is 26.0 Å². The van der Waals surface area contributed by atoms with Gasteiger partial charge < -0.3 is 5.32 Å². The first-order valence-corrected chi connectivity index (χ1v) is 7.42. The van der Waals surface area contributed by atoms with Gasteiger partial charge in [-0.2, -0.15) is 16.9 Å². The standard InChI is InChI=1S/C12H19N5S/c1-4-6-13-11-9-7-14-17(3)12(9)16-10(15-11)8-18-5-2/h7H,4-6,8H2,1-3H3,(H,13,15,16). The van der Waals surface area contributed by atoms with Gasteiger partial charge in [0.05, 0.1) is 17.3 Å². The SMILES string of the molecule is CCCNc1nc(CSCC)nc2c1cnn2C. The third-order valence-corrected chi connectivity index (χ3v) is 3.49. The van der Waals surface area contributed by atoms with Crippen LogP contribution < -0.4 is 5.32 Å². The molecule has 6 heteroatoms. The third-order valence-electron chi connectivity index (χ3n) is 2.62. The second-order valence-electron chi connectivity index (χ2n) is 4.06. The fourth-order valence-electron chi connectivity index (χ4n) is 1.70. The predicted molar refractivity (Wildman–Crippen MR) is 76.9 cm³/mol. The summed E-state index contributed by atoms with van der Waals surface area (Å²) in [4.78, 5) is 9.16. The van der Waals surface area contributed by atoms with Crippen LogP contribution in [0.4, 0.5) is 5.82 Å². The molecule has 5 nitrogen and oxygen atoms in total. The molecule has 0 fully saturated rings. The molecule has 0 aliphatic carbocycles. The molecule has 18 heavy (non-hydrogen) atoms. The van der Waals surface area contributed by atoms with E-state index in [0.29, 0.717) is 0 Å². The van der Waals surface area contributed by atoms with Crippen molar-refractivity contribution in [2.75, 3.05) is 17.6 Å². The average Bonchev–Trinajstić information content (AvgIpc) is 2.75. The van der Waals surface area contributed by atoms with E-state index < -0.39 is 0 Å². The number of hydrogen-bond acceptors (Lipinski definition) is 5. The van der Waals surface area contributed by atoms with Crippen LogP contribution in [0, 0.1) is 0 Å². The van der Waals surface area contributed by atoms with Gasteiger partial charge in [0, 0.05) is 13.6 Å². The molecule has 2 aromatic heterocycles. The van der Waals surface area contributed by atoms with Gasteiger partial charge in [-0.15, -0.1) is 0 Å². The number of nitrogens with one attached hydrogen (secondary N) is 1. The lowest BCUT2D eigenvalue weighted by molar-refractivity contribution is 0.782. The Morgan fingerprint density at radius 3 is 2.89 bits per heavy atom. The Labute approximate surface area is 111 Å². The van der Waals surface area contributed by atoms with Crippen molar-refractivity contribution < 1.29 is 0 Å². The third kappa shape index (κ3) is 2.75. The molecule has 2 aromatic rings. The van der Waals surface area contributed by atoms with Crippen LogP contribution in [0.3, 0.4) is 0 Å². The maximum absolute atomic E-state index is 4.59. The quantitative estimate of drug-likeness (QED) is 0.869. The maximum atomic E-state index is 4.59. The van der Waals surface area contributed by atoms with Crippen LogP contribution >= 0.6 is 11.8 Å². The first-order chi connectivity index (χ1) is 8.76. The zero-order valence-electron chi connectivity index (χ0n) is 11.1. The summed E-state index contributed by atoms with van der Waals surface area (Å²) in [7, 11) is 1.91. The van der Waals surface area contributed by atoms with Gasteiger partial charge in [0.2, 0.25) is 0 Å². The minimum atomic E-state index is 0.846. The molecule has 0 saturated carbocycles. The molecule has 0 amide bonds. The van der Waals surface area contributed by atoms with Gasteiger partial charge in [0.15, 0.2) is 5.65 Å². The number of aryl methyl sites for hydroxylation is 1. The van der Waals surface area contributed by atoms with Gasteiger partial charge >= 0.3 is 0 Å². The van der Waals surface area contributed by atoms with Crippen molar-refractivity contribution in [3.05, 3.63) is 12.0 Å². The predicted octanol–water partition coefficient (Wildman–Crippen LogP) is 2.44. The fraction of sp³-hybridized carbons (Fsp3) is 0.583. The zero-order valence-corrected chi connectivity index (χ0v) is 11.9. The Bertz CT molecular complexity index is 522. The van der Waals surface area contributed by atoms with Gasteiger partial charge in [-0.05, 0) is 12.2 Å². The summed E-state index contributed by atoms with van der Waals surface area (Å²) in [6.45, 7) is 5.20. The maximum Gasteiger partial charge on any atom is 0.163 e. The van der Waals surface area contributed by atoms with Crippen molar-refractivity contribution in [3.63, 3.8) is 0 Å². The van der Waals surface area contributed by atoms with Crippen LogP contribution in [0.15, 0.2) is 6.20 Å². The zero-order chi connectivity index (χ0) is 13.0. The minimum absolute atomic E-state index is 0.846. The Kier molecular flexibility index (Phi) is 4.41. The molecular formula is C12H19N5S. The monoisotopic (exact) mass is 265 g/mol. The van der Waals surface area contributed by atoms with Crippen molar-refractivity contribution in [1.82, 2.24) is 19.7 Å². The van der Waals surface area contributed by atoms with Crippen molar-refractivity contribution in [2.24, 2.45) is 7.05 Å². The normalized spacial score (nSPS) is 11.1. The average molecular weight is 265 g/mol. The van der Waals surface area contributed by atoms with Crippen LogP contribution in [0.1, 0.15) is 26.1 Å². The highest BCUT2D eigenvalue weighted by atomic mass is 32.2. The molecule has 2 heterocycles. The van der Waals surface area contributed by atoms with Crippen molar-refractivity contribution >= 4 is 28.6 Å². The number of rotatable bonds is 6. The number of nitrogens with zero attached hydrogens (tertiary/aromatic N) is 4. The molecule has 0 aliphatic rings. The van der Waals surface area contributed by atoms with Gasteiger partial charge in [-0.25, -0.2) is 9.97 Å². The van der Waals surface area contributed by atoms with E-state index in [1.54, 1.807) is 4.68 Å². The van der Waals surface area contributed by atoms with E-state index in [0.717, 1.165) is 47.1 Å². The molecule has 0 radical (unpaired) electrons. The van der Waals surface area contributed by atoms with Gasteiger partial charge in [-0.1, -0.05) is 13.8 Å². The number of thioether (sulfide) groups is 1. The summed E-state index contributed by atoms with van der Waals surface area (Å²) in [5.74, 6) is 3.70. The van der Waals surface area contributed by atoms with E-state index in [1.165, 1.54) is 0 Å². The second kappa shape index (κ2) is 6.04. The molecule has 0 unspecified atom stereocenters. The number of aromatic nitrogens is 4. The lowest BCUT2D eigenvalue weighted by Gasteiger charge is -2.07. The first kappa shape index (κ1) is 13.1. The Balaban J connectivity index is 2.38. The van der Waals surface area contributed by atoms with E-state index in [4.69, 9.17) is 0 Å². The molecule has 2 rings (SSSR count). The molecule has 0 aliphatic heterocycles. The molecule has 98 valence electrons. The van der Waals surface area contributed by atoms with Crippen LogP contribution in [0.25, 0.3) is 11.0 Å². The Hall–Kier alpha value is -1.30. The molecule has 0 spiro atoms. The van der Waals surface area contributed by atoms with Gasteiger partial charge in [-0.3, -0.25) is 4.68 Å². The molecule has 0 bridgehead atoms. The van der Waals surface area contributed by atoms with E-state index in [9.17, 15) is 0 Å². The molecule has 0 atom stereocenters. The summed E-state index contributed by atoms with van der Waals surface area (Å²) in [6.07, 6.45) is 2.90. The Morgan fingerprint density at radius 2 is 2.17 bits per heavy atom. The highest BCUT2D eigenvalue weighted by molar-refractivity contribution is 7.98. The van der Waals surface area contributed by atoms with E-state index in [1.807, 2.05) is 25.0 Å². The molecule has 0 saturated heterocycles. The summed E-state index contributed by atoms with van der Waals surface area (Å²) in [5.41, 5.74) is 0.898. The van der Waals surface area contributed by atoms with Gasteiger partial charge in [0.25, 0.3) is 0 Å². The van der Waals surface area contributed by atoms with Crippen LogP contribution in [0.2, 0.25) is 0 Å². The lowest BCUT2D eigenvalue weighted by atomic mass is 10.3. The van der Waals surface area contributed by atoms with Gasteiger partial charge in [0.1, 0.15) is 11.6 Å². The lowest BCUT2D eigenvalue weighted by Crippen LogP contribution is -2.06. The smallest absolute Gasteiger partial charge is 0.163 e. The van der Waals surface area contributed by atoms with E-state index >= 15 is 0 Å². The number of anilines is 1. The van der Waals surface area contributed by atoms with Crippen molar-refractivity contribution in [3.8, 4) is 0 Å². The highest BCUT2D eigenvalue weighted by Crippen LogP contribution is 2.21. The van der Waals surface area contributed by atoms with Crippen LogP contribution in [-0.4, -0.2) is 32.0 Å². The molecule has 0 aromatic carbocycles. The number of hydrogen-bond donors (Lipinski definition) is 1. The summed E-state index contributed by atoms with van der Waals surface area (Å²) in [5, 5.41) is 8.60. The summed E-state index contributed by atoms with van der Waals surface area (Å²) in [6, 6.07) is 0. The summed E-state index contributed by atoms with van der Waals surface area (Å²) >= 11 is 1.83. The fourth-order valence-corrected chi connectivity index (χ4v) is 2.22. The molecule has 1 N–H and O–H groups in total. The van der Waals surface area contributed by atoms with Crippen LogP contribution in [-0.2, 0) is 12.8 Å².